The van der Waals surface area contributed by atoms with Crippen molar-refractivity contribution in [1.82, 2.24) is 5.32 Å². The van der Waals surface area contributed by atoms with Gasteiger partial charge in [0.1, 0.15) is 5.58 Å². The maximum absolute atomic E-state index is 12.9. The summed E-state index contributed by atoms with van der Waals surface area (Å²) in [7, 11) is 0. The molecule has 2 heterocycles. The molecule has 1 aliphatic carbocycles. The Morgan fingerprint density at radius 1 is 1.07 bits per heavy atom. The quantitative estimate of drug-likeness (QED) is 0.511. The molecule has 0 spiro atoms. The van der Waals surface area contributed by atoms with Gasteiger partial charge in [-0.3, -0.25) is 4.79 Å². The van der Waals surface area contributed by atoms with Gasteiger partial charge in [0.15, 0.2) is 0 Å². The van der Waals surface area contributed by atoms with Gasteiger partial charge >= 0.3 is 5.63 Å². The second kappa shape index (κ2) is 6.35. The van der Waals surface area contributed by atoms with E-state index in [1.807, 2.05) is 30.3 Å². The van der Waals surface area contributed by atoms with E-state index in [4.69, 9.17) is 4.42 Å². The van der Waals surface area contributed by atoms with Gasteiger partial charge in [0.25, 0.3) is 5.91 Å². The molecule has 1 atom stereocenters. The number of aryl methyl sites for hydroxylation is 1. The van der Waals surface area contributed by atoms with Crippen molar-refractivity contribution in [1.29, 1.82) is 0 Å². The van der Waals surface area contributed by atoms with Gasteiger partial charge in [-0.05, 0) is 48.6 Å². The van der Waals surface area contributed by atoms with E-state index in [0.29, 0.717) is 15.8 Å². The van der Waals surface area contributed by atoms with Crippen molar-refractivity contribution >= 4 is 38.3 Å². The highest BCUT2D eigenvalue weighted by atomic mass is 32.1. The largest absolute Gasteiger partial charge is 0.422 e. The van der Waals surface area contributed by atoms with Crippen LogP contribution in [-0.4, -0.2) is 5.91 Å². The van der Waals surface area contributed by atoms with Gasteiger partial charge in [-0.1, -0.05) is 36.4 Å². The number of nitrogens with one attached hydrogen (secondary N) is 1. The summed E-state index contributed by atoms with van der Waals surface area (Å²) < 4.78 is 6.19. The van der Waals surface area contributed by atoms with Crippen LogP contribution >= 0.6 is 11.3 Å². The average molecular weight is 375 g/mol. The number of benzene rings is 2. The topological polar surface area (TPSA) is 59.3 Å². The minimum Gasteiger partial charge on any atom is -0.422 e. The molecule has 1 amide bonds. The van der Waals surface area contributed by atoms with Crippen LogP contribution in [-0.2, 0) is 6.42 Å². The molecule has 4 aromatic rings. The standard InChI is InChI=1S/C22H17NO3S/c24-21(23-17-10-5-7-13-6-1-2-8-14(13)17)19-12-16-20(27-19)15-9-3-4-11-18(15)26-22(16)25/h1-4,6,8-9,11-12,17H,5,7,10H2,(H,23,24)/t17-/m0/s1. The fourth-order valence-electron chi connectivity index (χ4n) is 3.89. The second-order valence-corrected chi connectivity index (χ2v) is 7.91. The molecule has 0 saturated carbocycles. The molecular weight excluding hydrogens is 358 g/mol. The highest BCUT2D eigenvalue weighted by molar-refractivity contribution is 7.21. The summed E-state index contributed by atoms with van der Waals surface area (Å²) >= 11 is 1.35. The van der Waals surface area contributed by atoms with Crippen molar-refractivity contribution in [3.8, 4) is 0 Å². The lowest BCUT2D eigenvalue weighted by Crippen LogP contribution is -2.30. The SMILES string of the molecule is O=C(N[C@H]1CCCc2ccccc21)c1cc2c(=O)oc3ccccc3c2s1. The average Bonchev–Trinajstić information content (AvgIpc) is 3.15. The zero-order chi connectivity index (χ0) is 18.4. The van der Waals surface area contributed by atoms with E-state index in [9.17, 15) is 9.59 Å². The summed E-state index contributed by atoms with van der Waals surface area (Å²) in [6.07, 6.45) is 3.04. The summed E-state index contributed by atoms with van der Waals surface area (Å²) in [4.78, 5) is 25.7. The number of amides is 1. The van der Waals surface area contributed by atoms with Gasteiger partial charge < -0.3 is 9.73 Å². The van der Waals surface area contributed by atoms with Crippen molar-refractivity contribution in [2.75, 3.05) is 0 Å². The van der Waals surface area contributed by atoms with E-state index < -0.39 is 5.63 Å². The van der Waals surface area contributed by atoms with Crippen molar-refractivity contribution in [2.24, 2.45) is 0 Å². The van der Waals surface area contributed by atoms with Gasteiger partial charge in [-0.15, -0.1) is 11.3 Å². The molecule has 0 unspecified atom stereocenters. The molecule has 1 N–H and O–H groups in total. The molecule has 27 heavy (non-hydrogen) atoms. The van der Waals surface area contributed by atoms with E-state index in [-0.39, 0.29) is 11.9 Å². The zero-order valence-electron chi connectivity index (χ0n) is 14.5. The molecule has 0 aliphatic heterocycles. The molecule has 2 aromatic carbocycles. The lowest BCUT2D eigenvalue weighted by molar-refractivity contribution is 0.0937. The van der Waals surface area contributed by atoms with Crippen LogP contribution in [0.5, 0.6) is 0 Å². The van der Waals surface area contributed by atoms with Crippen molar-refractivity contribution in [2.45, 2.75) is 25.3 Å². The zero-order valence-corrected chi connectivity index (χ0v) is 15.3. The highest BCUT2D eigenvalue weighted by Gasteiger charge is 2.23. The minimum atomic E-state index is -0.401. The van der Waals surface area contributed by atoms with Gasteiger partial charge in [-0.25, -0.2) is 4.79 Å². The Morgan fingerprint density at radius 3 is 2.81 bits per heavy atom. The molecule has 0 fully saturated rings. The first-order chi connectivity index (χ1) is 13.2. The van der Waals surface area contributed by atoms with Crippen molar-refractivity contribution in [3.63, 3.8) is 0 Å². The summed E-state index contributed by atoms with van der Waals surface area (Å²) in [6, 6.07) is 17.4. The molecule has 4 nitrogen and oxygen atoms in total. The third kappa shape index (κ3) is 2.75. The van der Waals surface area contributed by atoms with E-state index in [0.717, 1.165) is 29.3 Å². The van der Waals surface area contributed by atoms with Crippen LogP contribution in [0.2, 0.25) is 0 Å². The third-order valence-corrected chi connectivity index (χ3v) is 6.35. The highest BCUT2D eigenvalue weighted by Crippen LogP contribution is 2.32. The maximum atomic E-state index is 12.9. The summed E-state index contributed by atoms with van der Waals surface area (Å²) in [5.74, 6) is -0.138. The Labute approximate surface area is 159 Å². The Balaban J connectivity index is 1.53. The summed E-state index contributed by atoms with van der Waals surface area (Å²) in [5.41, 5.74) is 2.65. The Morgan fingerprint density at radius 2 is 1.89 bits per heavy atom. The minimum absolute atomic E-state index is 0.0146. The Hall–Kier alpha value is -2.92. The number of para-hydroxylation sites is 1. The lowest BCUT2D eigenvalue weighted by atomic mass is 9.88. The fraction of sp³-hybridized carbons (Fsp3) is 0.182. The van der Waals surface area contributed by atoms with Gasteiger partial charge in [0.05, 0.1) is 21.0 Å². The maximum Gasteiger partial charge on any atom is 0.345 e. The predicted octanol–water partition coefficient (Wildman–Crippen LogP) is 4.82. The third-order valence-electron chi connectivity index (χ3n) is 5.18. The van der Waals surface area contributed by atoms with Gasteiger partial charge in [0.2, 0.25) is 0 Å². The predicted molar refractivity (Wildman–Crippen MR) is 107 cm³/mol. The molecule has 0 saturated heterocycles. The number of hydrogen-bond donors (Lipinski definition) is 1. The molecule has 2 aromatic heterocycles. The van der Waals surface area contributed by atoms with Crippen LogP contribution in [0.15, 0.2) is 63.8 Å². The monoisotopic (exact) mass is 375 g/mol. The Bertz CT molecular complexity index is 1240. The molecule has 1 aliphatic rings. The Kier molecular flexibility index (Phi) is 3.83. The second-order valence-electron chi connectivity index (χ2n) is 6.86. The van der Waals surface area contributed by atoms with Crippen LogP contribution in [0.1, 0.15) is 39.7 Å². The molecule has 0 bridgehead atoms. The van der Waals surface area contributed by atoms with Crippen LogP contribution < -0.4 is 10.9 Å². The number of carbonyl (C=O) groups is 1. The molecule has 5 rings (SSSR count). The number of thiophene rings is 1. The number of fused-ring (bicyclic) bond motifs is 4. The van der Waals surface area contributed by atoms with Crippen molar-refractivity contribution in [3.05, 3.63) is 81.0 Å². The first kappa shape index (κ1) is 16.3. The number of carbonyl (C=O) groups excluding carboxylic acids is 1. The molecular formula is C22H17NO3S. The van der Waals surface area contributed by atoms with Crippen LogP contribution in [0, 0.1) is 0 Å². The van der Waals surface area contributed by atoms with Crippen molar-refractivity contribution < 1.29 is 9.21 Å². The molecule has 5 heteroatoms. The van der Waals surface area contributed by atoms with Crippen LogP contribution in [0.25, 0.3) is 21.1 Å². The van der Waals surface area contributed by atoms with Gasteiger partial charge in [-0.2, -0.15) is 0 Å². The van der Waals surface area contributed by atoms with E-state index in [1.165, 1.54) is 22.5 Å². The lowest BCUT2D eigenvalue weighted by Gasteiger charge is -2.26. The van der Waals surface area contributed by atoms with E-state index >= 15 is 0 Å². The fourth-order valence-corrected chi connectivity index (χ4v) is 4.97. The smallest absolute Gasteiger partial charge is 0.345 e. The van der Waals surface area contributed by atoms with Crippen LogP contribution in [0.3, 0.4) is 0 Å². The first-order valence-corrected chi connectivity index (χ1v) is 9.86. The first-order valence-electron chi connectivity index (χ1n) is 9.05. The van der Waals surface area contributed by atoms with E-state index in [1.54, 1.807) is 12.1 Å². The number of rotatable bonds is 2. The number of hydrogen-bond acceptors (Lipinski definition) is 4. The summed E-state index contributed by atoms with van der Waals surface area (Å²) in [5, 5.41) is 4.48. The van der Waals surface area contributed by atoms with E-state index in [2.05, 4.69) is 17.4 Å². The molecule has 134 valence electrons. The van der Waals surface area contributed by atoms with Gasteiger partial charge in [0, 0.05) is 5.39 Å². The van der Waals surface area contributed by atoms with Crippen LogP contribution in [0.4, 0.5) is 0 Å². The molecule has 0 radical (unpaired) electrons. The summed E-state index contributed by atoms with van der Waals surface area (Å²) in [6.45, 7) is 0. The normalized spacial score (nSPS) is 16.4.